The molecule has 2 N–H and O–H groups in total. The average molecular weight is 251 g/mol. The van der Waals surface area contributed by atoms with E-state index in [4.69, 9.17) is 0 Å². The van der Waals surface area contributed by atoms with Crippen molar-refractivity contribution in [3.8, 4) is 0 Å². The second-order valence-electron chi connectivity index (χ2n) is 5.90. The van der Waals surface area contributed by atoms with Crippen LogP contribution in [0.4, 0.5) is 0 Å². The average Bonchev–Trinajstić information content (AvgIpc) is 2.78. The molecule has 0 saturated heterocycles. The van der Waals surface area contributed by atoms with Crippen LogP contribution in [0.25, 0.3) is 0 Å². The monoisotopic (exact) mass is 251 g/mol. The molecule has 0 amide bonds. The Morgan fingerprint density at radius 2 is 2.06 bits per heavy atom. The van der Waals surface area contributed by atoms with Crippen LogP contribution in [0.3, 0.4) is 0 Å². The zero-order valence-electron chi connectivity index (χ0n) is 11.4. The van der Waals surface area contributed by atoms with Crippen LogP contribution < -0.4 is 5.32 Å². The molecule has 3 unspecified atom stereocenters. The molecule has 1 saturated carbocycles. The van der Waals surface area contributed by atoms with E-state index >= 15 is 0 Å². The first-order chi connectivity index (χ1) is 8.63. The molecule has 4 nitrogen and oxygen atoms in total. The molecule has 1 aliphatic rings. The molecule has 2 rings (SSSR count). The molecular weight excluding hydrogens is 226 g/mol. The van der Waals surface area contributed by atoms with Gasteiger partial charge < -0.3 is 10.4 Å². The van der Waals surface area contributed by atoms with Gasteiger partial charge in [-0.05, 0) is 37.2 Å². The highest BCUT2D eigenvalue weighted by Gasteiger charge is 2.23. The number of aliphatic hydroxyl groups is 1. The Morgan fingerprint density at radius 3 is 2.67 bits per heavy atom. The Hall–Kier alpha value is -0.870. The molecule has 1 aliphatic carbocycles. The molecule has 1 aromatic heterocycles. The van der Waals surface area contributed by atoms with Crippen LogP contribution in [0.2, 0.25) is 0 Å². The van der Waals surface area contributed by atoms with Gasteiger partial charge in [0.1, 0.15) is 0 Å². The van der Waals surface area contributed by atoms with Gasteiger partial charge in [0.05, 0.1) is 12.6 Å². The minimum absolute atomic E-state index is 0.363. The van der Waals surface area contributed by atoms with Crippen molar-refractivity contribution in [3.63, 3.8) is 0 Å². The molecule has 3 atom stereocenters. The van der Waals surface area contributed by atoms with E-state index < -0.39 is 0 Å². The summed E-state index contributed by atoms with van der Waals surface area (Å²) in [6.45, 7) is 5.87. The van der Waals surface area contributed by atoms with E-state index in [9.17, 15) is 5.11 Å². The SMILES string of the molecule is CC1CC(C)CC(NCC(O)Cn2cccn2)C1. The molecule has 102 valence electrons. The molecule has 0 radical (unpaired) electrons. The summed E-state index contributed by atoms with van der Waals surface area (Å²) >= 11 is 0. The predicted molar refractivity (Wildman–Crippen MR) is 72.2 cm³/mol. The molecule has 4 heteroatoms. The summed E-state index contributed by atoms with van der Waals surface area (Å²) in [6, 6.07) is 2.45. The zero-order chi connectivity index (χ0) is 13.0. The van der Waals surface area contributed by atoms with Crippen LogP contribution in [0, 0.1) is 11.8 Å². The van der Waals surface area contributed by atoms with Crippen molar-refractivity contribution in [3.05, 3.63) is 18.5 Å². The van der Waals surface area contributed by atoms with Crippen molar-refractivity contribution in [1.29, 1.82) is 0 Å². The lowest BCUT2D eigenvalue weighted by atomic mass is 9.80. The normalized spacial score (nSPS) is 30.3. The first-order valence-electron chi connectivity index (χ1n) is 7.02. The number of aliphatic hydroxyl groups excluding tert-OH is 1. The lowest BCUT2D eigenvalue weighted by molar-refractivity contribution is 0.133. The number of aromatic nitrogens is 2. The van der Waals surface area contributed by atoms with Gasteiger partial charge in [-0.3, -0.25) is 4.68 Å². The maximum absolute atomic E-state index is 9.96. The largest absolute Gasteiger partial charge is 0.390 e. The highest BCUT2D eigenvalue weighted by molar-refractivity contribution is 4.81. The summed E-state index contributed by atoms with van der Waals surface area (Å²) in [5.41, 5.74) is 0. The van der Waals surface area contributed by atoms with Crippen LogP contribution in [-0.2, 0) is 6.54 Å². The third kappa shape index (κ3) is 4.10. The molecule has 0 aromatic carbocycles. The van der Waals surface area contributed by atoms with Gasteiger partial charge in [-0.25, -0.2) is 0 Å². The van der Waals surface area contributed by atoms with Crippen molar-refractivity contribution < 1.29 is 5.11 Å². The topological polar surface area (TPSA) is 50.1 Å². The summed E-state index contributed by atoms with van der Waals surface area (Å²) in [4.78, 5) is 0. The molecule has 1 heterocycles. The lowest BCUT2D eigenvalue weighted by Crippen LogP contribution is -2.41. The molecule has 1 aromatic rings. The van der Waals surface area contributed by atoms with E-state index in [-0.39, 0.29) is 6.10 Å². The van der Waals surface area contributed by atoms with Crippen LogP contribution in [0.15, 0.2) is 18.5 Å². The van der Waals surface area contributed by atoms with Gasteiger partial charge >= 0.3 is 0 Å². The number of nitrogens with zero attached hydrogens (tertiary/aromatic N) is 2. The molecule has 0 aliphatic heterocycles. The number of rotatable bonds is 5. The highest BCUT2D eigenvalue weighted by Crippen LogP contribution is 2.28. The van der Waals surface area contributed by atoms with Crippen molar-refractivity contribution in [2.24, 2.45) is 11.8 Å². The Balaban J connectivity index is 1.70. The van der Waals surface area contributed by atoms with Crippen molar-refractivity contribution in [1.82, 2.24) is 15.1 Å². The summed E-state index contributed by atoms with van der Waals surface area (Å²) in [7, 11) is 0. The van der Waals surface area contributed by atoms with E-state index in [1.54, 1.807) is 10.9 Å². The second-order valence-corrected chi connectivity index (χ2v) is 5.90. The summed E-state index contributed by atoms with van der Waals surface area (Å²) in [5.74, 6) is 1.60. The predicted octanol–water partition coefficient (Wildman–Crippen LogP) is 1.66. The molecular formula is C14H25N3O. The number of hydrogen-bond acceptors (Lipinski definition) is 3. The van der Waals surface area contributed by atoms with Gasteiger partial charge in [0, 0.05) is 25.0 Å². The fraction of sp³-hybridized carbons (Fsp3) is 0.786. The Kier molecular flexibility index (Phi) is 4.78. The van der Waals surface area contributed by atoms with E-state index in [2.05, 4.69) is 24.3 Å². The maximum Gasteiger partial charge on any atom is 0.0860 e. The maximum atomic E-state index is 9.96. The van der Waals surface area contributed by atoms with Crippen molar-refractivity contribution in [2.45, 2.75) is 51.8 Å². The quantitative estimate of drug-likeness (QED) is 0.837. The van der Waals surface area contributed by atoms with Crippen LogP contribution in [0.1, 0.15) is 33.1 Å². The first kappa shape index (κ1) is 13.6. The zero-order valence-corrected chi connectivity index (χ0v) is 11.4. The number of hydrogen-bond donors (Lipinski definition) is 2. The summed E-state index contributed by atoms with van der Waals surface area (Å²) in [6.07, 6.45) is 7.07. The van der Waals surface area contributed by atoms with Crippen LogP contribution in [-0.4, -0.2) is 33.6 Å². The standard InChI is InChI=1S/C14H25N3O/c1-11-6-12(2)8-13(7-11)15-9-14(18)10-17-5-3-4-16-17/h3-5,11-15,18H,6-10H2,1-2H3. The van der Waals surface area contributed by atoms with Gasteiger partial charge in [-0.1, -0.05) is 13.8 Å². The minimum Gasteiger partial charge on any atom is -0.390 e. The summed E-state index contributed by atoms with van der Waals surface area (Å²) in [5, 5.41) is 17.6. The Labute approximate surface area is 109 Å². The van der Waals surface area contributed by atoms with Gasteiger partial charge in [-0.15, -0.1) is 0 Å². The van der Waals surface area contributed by atoms with Crippen molar-refractivity contribution in [2.75, 3.05) is 6.54 Å². The minimum atomic E-state index is -0.363. The van der Waals surface area contributed by atoms with Gasteiger partial charge in [0.2, 0.25) is 0 Å². The third-order valence-electron chi connectivity index (χ3n) is 3.78. The molecule has 18 heavy (non-hydrogen) atoms. The Morgan fingerprint density at radius 1 is 1.33 bits per heavy atom. The van der Waals surface area contributed by atoms with E-state index in [0.29, 0.717) is 19.1 Å². The van der Waals surface area contributed by atoms with E-state index in [1.165, 1.54) is 19.3 Å². The van der Waals surface area contributed by atoms with E-state index in [1.807, 2.05) is 12.3 Å². The second kappa shape index (κ2) is 6.34. The molecule has 0 spiro atoms. The fourth-order valence-electron chi connectivity index (χ4n) is 3.11. The van der Waals surface area contributed by atoms with Crippen molar-refractivity contribution >= 4 is 0 Å². The molecule has 1 fully saturated rings. The first-order valence-corrected chi connectivity index (χ1v) is 7.02. The number of nitrogens with one attached hydrogen (secondary N) is 1. The van der Waals surface area contributed by atoms with Gasteiger partial charge in [0.15, 0.2) is 0 Å². The fourth-order valence-corrected chi connectivity index (χ4v) is 3.11. The molecule has 0 bridgehead atoms. The van der Waals surface area contributed by atoms with Gasteiger partial charge in [-0.2, -0.15) is 5.10 Å². The summed E-state index contributed by atoms with van der Waals surface area (Å²) < 4.78 is 1.78. The Bertz CT molecular complexity index is 329. The van der Waals surface area contributed by atoms with Gasteiger partial charge in [0.25, 0.3) is 0 Å². The smallest absolute Gasteiger partial charge is 0.0860 e. The van der Waals surface area contributed by atoms with E-state index in [0.717, 1.165) is 11.8 Å². The highest BCUT2D eigenvalue weighted by atomic mass is 16.3. The van der Waals surface area contributed by atoms with Crippen LogP contribution in [0.5, 0.6) is 0 Å². The van der Waals surface area contributed by atoms with Crippen LogP contribution >= 0.6 is 0 Å². The third-order valence-corrected chi connectivity index (χ3v) is 3.78. The lowest BCUT2D eigenvalue weighted by Gasteiger charge is -2.32.